The number of nitriles is 1. The Morgan fingerprint density at radius 1 is 1.27 bits per heavy atom. The molecule has 6 heteroatoms. The molecule has 6 nitrogen and oxygen atoms in total. The Balaban J connectivity index is 2.70. The van der Waals surface area contributed by atoms with E-state index < -0.39 is 23.8 Å². The molecular formula is C16H14N2O4. The van der Waals surface area contributed by atoms with Crippen molar-refractivity contribution in [2.24, 2.45) is 10.9 Å². The molecular weight excluding hydrogens is 284 g/mol. The Hall–Kier alpha value is -2.94. The number of rotatable bonds is 3. The first-order valence-corrected chi connectivity index (χ1v) is 6.59. The number of hydrogen-bond donors (Lipinski definition) is 2. The van der Waals surface area contributed by atoms with E-state index in [1.807, 2.05) is 6.07 Å². The Kier molecular flexibility index (Phi) is 4.08. The normalized spacial score (nSPS) is 21.0. The first kappa shape index (κ1) is 15.4. The van der Waals surface area contributed by atoms with Crippen LogP contribution in [0.25, 0.3) is 0 Å². The molecule has 0 saturated carbocycles. The average Bonchev–Trinajstić information content (AvgIpc) is 2.45. The minimum atomic E-state index is -1.20. The van der Waals surface area contributed by atoms with Crippen LogP contribution in [0.2, 0.25) is 0 Å². The van der Waals surface area contributed by atoms with Crippen LogP contribution in [0.1, 0.15) is 30.9 Å². The fourth-order valence-corrected chi connectivity index (χ4v) is 2.80. The highest BCUT2D eigenvalue weighted by molar-refractivity contribution is 6.06. The van der Waals surface area contributed by atoms with E-state index in [0.29, 0.717) is 16.8 Å². The lowest BCUT2D eigenvalue weighted by atomic mass is 9.75. The van der Waals surface area contributed by atoms with Crippen molar-refractivity contribution < 1.29 is 19.8 Å². The summed E-state index contributed by atoms with van der Waals surface area (Å²) in [5.74, 6) is -4.28. The van der Waals surface area contributed by atoms with Gasteiger partial charge in [0.05, 0.1) is 17.2 Å². The predicted molar refractivity (Wildman–Crippen MR) is 78.5 cm³/mol. The number of aliphatic carboxylic acids is 2. The summed E-state index contributed by atoms with van der Waals surface area (Å²) < 4.78 is 0. The molecule has 2 atom stereocenters. The molecule has 0 fully saturated rings. The largest absolute Gasteiger partial charge is 0.481 e. The van der Waals surface area contributed by atoms with E-state index in [1.165, 1.54) is 6.07 Å². The lowest BCUT2D eigenvalue weighted by Gasteiger charge is -2.29. The molecule has 0 aliphatic carbocycles. The number of nitrogens with zero attached hydrogens (tertiary/aromatic N) is 2. The minimum absolute atomic E-state index is 0.0481. The van der Waals surface area contributed by atoms with Crippen molar-refractivity contribution in [1.82, 2.24) is 0 Å². The SMILES string of the molecule is CC1=NC(C)=C(C(=O)O)C(c2cccc(C#N)c2)C1C(=O)O. The molecule has 1 aromatic carbocycles. The molecule has 2 unspecified atom stereocenters. The Morgan fingerprint density at radius 2 is 1.95 bits per heavy atom. The molecule has 1 aliphatic rings. The third-order valence-corrected chi connectivity index (χ3v) is 3.70. The number of aliphatic imine (C=N–C) groups is 1. The Bertz CT molecular complexity index is 756. The van der Waals surface area contributed by atoms with Gasteiger partial charge in [0.2, 0.25) is 0 Å². The molecule has 2 N–H and O–H groups in total. The molecule has 1 aliphatic heterocycles. The van der Waals surface area contributed by atoms with E-state index in [2.05, 4.69) is 4.99 Å². The van der Waals surface area contributed by atoms with Gasteiger partial charge in [0.15, 0.2) is 0 Å². The van der Waals surface area contributed by atoms with Crippen molar-refractivity contribution in [2.75, 3.05) is 0 Å². The van der Waals surface area contributed by atoms with E-state index in [1.54, 1.807) is 32.0 Å². The van der Waals surface area contributed by atoms with Crippen molar-refractivity contribution in [3.63, 3.8) is 0 Å². The number of hydrogen-bond acceptors (Lipinski definition) is 4. The van der Waals surface area contributed by atoms with E-state index >= 15 is 0 Å². The topological polar surface area (TPSA) is 111 Å². The van der Waals surface area contributed by atoms with Gasteiger partial charge in [-0.05, 0) is 31.5 Å². The van der Waals surface area contributed by atoms with Crippen molar-refractivity contribution in [3.8, 4) is 6.07 Å². The summed E-state index contributed by atoms with van der Waals surface area (Å²) in [7, 11) is 0. The number of carboxylic acids is 2. The second-order valence-corrected chi connectivity index (χ2v) is 5.09. The van der Waals surface area contributed by atoms with Crippen LogP contribution >= 0.6 is 0 Å². The lowest BCUT2D eigenvalue weighted by Crippen LogP contribution is -2.34. The van der Waals surface area contributed by atoms with Crippen LogP contribution in [0.3, 0.4) is 0 Å². The van der Waals surface area contributed by atoms with Crippen molar-refractivity contribution in [3.05, 3.63) is 46.7 Å². The number of carbonyl (C=O) groups is 2. The van der Waals surface area contributed by atoms with Gasteiger partial charge in [0.1, 0.15) is 5.92 Å². The molecule has 0 bridgehead atoms. The second-order valence-electron chi connectivity index (χ2n) is 5.09. The van der Waals surface area contributed by atoms with Crippen LogP contribution in [-0.2, 0) is 9.59 Å². The highest BCUT2D eigenvalue weighted by Gasteiger charge is 2.40. The fraction of sp³-hybridized carbons (Fsp3) is 0.250. The van der Waals surface area contributed by atoms with Crippen molar-refractivity contribution in [2.45, 2.75) is 19.8 Å². The first-order chi connectivity index (χ1) is 10.4. The van der Waals surface area contributed by atoms with Gasteiger partial charge in [-0.25, -0.2) is 4.79 Å². The molecule has 0 radical (unpaired) electrons. The third kappa shape index (κ3) is 2.61. The Morgan fingerprint density at radius 3 is 2.50 bits per heavy atom. The van der Waals surface area contributed by atoms with Gasteiger partial charge < -0.3 is 10.2 Å². The van der Waals surface area contributed by atoms with Crippen LogP contribution < -0.4 is 0 Å². The van der Waals surface area contributed by atoms with Crippen LogP contribution in [0, 0.1) is 17.2 Å². The van der Waals surface area contributed by atoms with Gasteiger partial charge in [-0.15, -0.1) is 0 Å². The van der Waals surface area contributed by atoms with Crippen LogP contribution in [0.4, 0.5) is 0 Å². The van der Waals surface area contributed by atoms with Crippen LogP contribution in [0.5, 0.6) is 0 Å². The summed E-state index contributed by atoms with van der Waals surface area (Å²) >= 11 is 0. The zero-order valence-corrected chi connectivity index (χ0v) is 12.1. The molecule has 0 amide bonds. The highest BCUT2D eigenvalue weighted by Crippen LogP contribution is 2.39. The average molecular weight is 298 g/mol. The molecule has 2 rings (SSSR count). The fourth-order valence-electron chi connectivity index (χ4n) is 2.80. The maximum Gasteiger partial charge on any atom is 0.334 e. The smallest absolute Gasteiger partial charge is 0.334 e. The van der Waals surface area contributed by atoms with Gasteiger partial charge >= 0.3 is 11.9 Å². The van der Waals surface area contributed by atoms with Crippen molar-refractivity contribution in [1.29, 1.82) is 5.26 Å². The Labute approximate surface area is 127 Å². The molecule has 1 heterocycles. The second kappa shape index (κ2) is 5.82. The summed E-state index contributed by atoms with van der Waals surface area (Å²) in [4.78, 5) is 27.3. The van der Waals surface area contributed by atoms with Gasteiger partial charge in [-0.3, -0.25) is 9.79 Å². The standard InChI is InChI=1S/C16H14N2O4/c1-8-12(15(19)20)14(13(16(21)22)9(2)18-8)11-5-3-4-10(6-11)7-17/h3-6,12,14H,1-2H3,(H,19,20)(H,21,22). The predicted octanol–water partition coefficient (Wildman–Crippen LogP) is 2.18. The summed E-state index contributed by atoms with van der Waals surface area (Å²) in [6.45, 7) is 3.12. The molecule has 0 saturated heterocycles. The summed E-state index contributed by atoms with van der Waals surface area (Å²) in [6.07, 6.45) is 0. The van der Waals surface area contributed by atoms with E-state index in [4.69, 9.17) is 5.26 Å². The summed E-state index contributed by atoms with van der Waals surface area (Å²) in [5.41, 5.74) is 1.42. The quantitative estimate of drug-likeness (QED) is 0.888. The van der Waals surface area contributed by atoms with Gasteiger partial charge in [-0.1, -0.05) is 12.1 Å². The zero-order valence-electron chi connectivity index (χ0n) is 12.1. The number of benzene rings is 1. The van der Waals surface area contributed by atoms with Crippen LogP contribution in [0.15, 0.2) is 40.5 Å². The summed E-state index contributed by atoms with van der Waals surface area (Å²) in [6, 6.07) is 8.33. The monoisotopic (exact) mass is 298 g/mol. The van der Waals surface area contributed by atoms with E-state index in [-0.39, 0.29) is 11.3 Å². The highest BCUT2D eigenvalue weighted by atomic mass is 16.4. The maximum absolute atomic E-state index is 11.6. The minimum Gasteiger partial charge on any atom is -0.481 e. The molecule has 0 spiro atoms. The van der Waals surface area contributed by atoms with Crippen molar-refractivity contribution >= 4 is 17.7 Å². The first-order valence-electron chi connectivity index (χ1n) is 6.59. The number of allylic oxidation sites excluding steroid dienone is 1. The molecule has 0 aromatic heterocycles. The van der Waals surface area contributed by atoms with E-state index in [0.717, 1.165) is 0 Å². The van der Waals surface area contributed by atoms with Gasteiger partial charge in [0, 0.05) is 17.3 Å². The van der Waals surface area contributed by atoms with E-state index in [9.17, 15) is 19.8 Å². The zero-order chi connectivity index (χ0) is 16.4. The maximum atomic E-state index is 11.6. The lowest BCUT2D eigenvalue weighted by molar-refractivity contribution is -0.140. The summed E-state index contributed by atoms with van der Waals surface area (Å²) in [5, 5.41) is 28.0. The van der Waals surface area contributed by atoms with Gasteiger partial charge in [-0.2, -0.15) is 5.26 Å². The molecule has 22 heavy (non-hydrogen) atoms. The van der Waals surface area contributed by atoms with Crippen LogP contribution in [-0.4, -0.2) is 27.9 Å². The molecule has 1 aromatic rings. The third-order valence-electron chi connectivity index (χ3n) is 3.70. The van der Waals surface area contributed by atoms with Gasteiger partial charge in [0.25, 0.3) is 0 Å². The molecule has 112 valence electrons. The number of carboxylic acid groups (broad SMARTS) is 2.